The van der Waals surface area contributed by atoms with Crippen LogP contribution in [0.25, 0.3) is 0 Å². The van der Waals surface area contributed by atoms with Crippen molar-refractivity contribution < 1.29 is 10.2 Å². The molecule has 2 heteroatoms. The van der Waals surface area contributed by atoms with Gasteiger partial charge in [-0.2, -0.15) is 0 Å². The van der Waals surface area contributed by atoms with Gasteiger partial charge in [-0.3, -0.25) is 0 Å². The van der Waals surface area contributed by atoms with E-state index in [9.17, 15) is 0 Å². The minimum atomic E-state index is -0.883. The zero-order valence-corrected chi connectivity index (χ0v) is 7.17. The molecule has 11 heavy (non-hydrogen) atoms. The highest BCUT2D eigenvalue weighted by Gasteiger charge is 2.04. The molecule has 0 radical (unpaired) electrons. The molecule has 0 unspecified atom stereocenters. The first-order chi connectivity index (χ1) is 5.18. The molecule has 0 bridgehead atoms. The summed E-state index contributed by atoms with van der Waals surface area (Å²) in [5.41, 5.74) is 0. The highest BCUT2D eigenvalue weighted by molar-refractivity contribution is 5.05. The first kappa shape index (κ1) is 10.5. The Kier molecular flexibility index (Phi) is 5.91. The smallest absolute Gasteiger partial charge is 0.140 e. The fourth-order valence-corrected chi connectivity index (χ4v) is 0.563. The normalized spacial score (nSPS) is 14.9. The van der Waals surface area contributed by atoms with Crippen molar-refractivity contribution in [3.05, 3.63) is 0 Å². The van der Waals surface area contributed by atoms with Crippen LogP contribution < -0.4 is 0 Å². The van der Waals surface area contributed by atoms with E-state index in [1.807, 2.05) is 0 Å². The van der Waals surface area contributed by atoms with Crippen LogP contribution >= 0.6 is 0 Å². The van der Waals surface area contributed by atoms with Gasteiger partial charge in [0.05, 0.1) is 6.10 Å². The van der Waals surface area contributed by atoms with Crippen molar-refractivity contribution in [3.63, 3.8) is 0 Å². The molecular formula is C9H16O2. The van der Waals surface area contributed by atoms with Crippen molar-refractivity contribution >= 4 is 0 Å². The number of aliphatic hydroxyl groups excluding tert-OH is 2. The van der Waals surface area contributed by atoms with E-state index in [0.29, 0.717) is 0 Å². The van der Waals surface area contributed by atoms with Gasteiger partial charge in [-0.1, -0.05) is 19.3 Å². The molecule has 0 aromatic rings. The van der Waals surface area contributed by atoms with Gasteiger partial charge in [-0.25, -0.2) is 0 Å². The van der Waals surface area contributed by atoms with E-state index >= 15 is 0 Å². The number of hydrogen-bond donors (Lipinski definition) is 2. The van der Waals surface area contributed by atoms with Crippen molar-refractivity contribution in [2.75, 3.05) is 0 Å². The molecule has 0 aliphatic heterocycles. The molecule has 2 N–H and O–H groups in total. The van der Waals surface area contributed by atoms with Crippen molar-refractivity contribution in [2.24, 2.45) is 0 Å². The van der Waals surface area contributed by atoms with Gasteiger partial charge in [-0.05, 0) is 13.3 Å². The summed E-state index contributed by atoms with van der Waals surface area (Å²) in [6, 6.07) is 0. The number of hydrogen-bond acceptors (Lipinski definition) is 2. The topological polar surface area (TPSA) is 40.5 Å². The molecule has 2 nitrogen and oxygen atoms in total. The summed E-state index contributed by atoms with van der Waals surface area (Å²) in [5.74, 6) is 5.38. The molecule has 2 atom stereocenters. The van der Waals surface area contributed by atoms with Gasteiger partial charge in [0.2, 0.25) is 0 Å². The lowest BCUT2D eigenvalue weighted by Gasteiger charge is -2.04. The third-order valence-electron chi connectivity index (χ3n) is 1.36. The van der Waals surface area contributed by atoms with E-state index in [1.165, 1.54) is 6.92 Å². The standard InChI is InChI=1S/C9H16O2/c1-3-4-5-6-7-9(11)8(2)10/h8-11H,3-5H2,1-2H3/t8-,9+/m0/s1. The Morgan fingerprint density at radius 1 is 1.36 bits per heavy atom. The van der Waals surface area contributed by atoms with Gasteiger partial charge in [0.15, 0.2) is 0 Å². The second kappa shape index (κ2) is 6.21. The van der Waals surface area contributed by atoms with E-state index in [1.54, 1.807) is 0 Å². The minimum Gasteiger partial charge on any atom is -0.390 e. The molecule has 0 aliphatic carbocycles. The average Bonchev–Trinajstić information content (AvgIpc) is 1.97. The Morgan fingerprint density at radius 3 is 2.45 bits per heavy atom. The molecular weight excluding hydrogens is 140 g/mol. The maximum absolute atomic E-state index is 9.00. The molecule has 0 amide bonds. The summed E-state index contributed by atoms with van der Waals surface area (Å²) in [6.07, 6.45) is 1.34. The lowest BCUT2D eigenvalue weighted by molar-refractivity contribution is 0.0677. The van der Waals surface area contributed by atoms with Crippen LogP contribution in [0, 0.1) is 11.8 Å². The molecule has 0 spiro atoms. The minimum absolute atomic E-state index is 0.746. The fourth-order valence-electron chi connectivity index (χ4n) is 0.563. The maximum Gasteiger partial charge on any atom is 0.140 e. The van der Waals surface area contributed by atoms with Gasteiger partial charge < -0.3 is 10.2 Å². The molecule has 0 rings (SSSR count). The van der Waals surface area contributed by atoms with Crippen LogP contribution in [0.4, 0.5) is 0 Å². The van der Waals surface area contributed by atoms with Crippen molar-refractivity contribution in [3.8, 4) is 11.8 Å². The lowest BCUT2D eigenvalue weighted by atomic mass is 10.2. The Bertz CT molecular complexity index is 141. The third-order valence-corrected chi connectivity index (χ3v) is 1.36. The summed E-state index contributed by atoms with van der Waals surface area (Å²) < 4.78 is 0. The first-order valence-electron chi connectivity index (χ1n) is 4.03. The van der Waals surface area contributed by atoms with Crippen LogP contribution in [0.5, 0.6) is 0 Å². The largest absolute Gasteiger partial charge is 0.390 e. The maximum atomic E-state index is 9.00. The van der Waals surface area contributed by atoms with Crippen LogP contribution in [0.2, 0.25) is 0 Å². The zero-order chi connectivity index (χ0) is 8.69. The SMILES string of the molecule is CCCCC#C[C@@H](O)[C@H](C)O. The molecule has 0 aromatic carbocycles. The number of aliphatic hydroxyl groups is 2. The molecule has 0 heterocycles. The van der Waals surface area contributed by atoms with Gasteiger partial charge in [-0.15, -0.1) is 5.92 Å². The third kappa shape index (κ3) is 5.90. The molecule has 64 valence electrons. The number of rotatable bonds is 3. The quantitative estimate of drug-likeness (QED) is 0.471. The summed E-state index contributed by atoms with van der Waals surface area (Å²) >= 11 is 0. The second-order valence-electron chi connectivity index (χ2n) is 2.61. The fraction of sp³-hybridized carbons (Fsp3) is 0.778. The van der Waals surface area contributed by atoms with E-state index in [0.717, 1.165) is 19.3 Å². The average molecular weight is 156 g/mol. The predicted octanol–water partition coefficient (Wildman–Crippen LogP) is 0.922. The summed E-state index contributed by atoms with van der Waals surface area (Å²) in [5, 5.41) is 17.8. The summed E-state index contributed by atoms with van der Waals surface area (Å²) in [6.45, 7) is 3.62. The van der Waals surface area contributed by atoms with Gasteiger partial charge >= 0.3 is 0 Å². The van der Waals surface area contributed by atoms with E-state index in [-0.39, 0.29) is 0 Å². The van der Waals surface area contributed by atoms with Crippen molar-refractivity contribution in [1.82, 2.24) is 0 Å². The van der Waals surface area contributed by atoms with Crippen LogP contribution in [-0.4, -0.2) is 22.4 Å². The van der Waals surface area contributed by atoms with Crippen molar-refractivity contribution in [2.45, 2.75) is 45.3 Å². The molecule has 0 fully saturated rings. The summed E-state index contributed by atoms with van der Waals surface area (Å²) in [4.78, 5) is 0. The van der Waals surface area contributed by atoms with Gasteiger partial charge in [0, 0.05) is 6.42 Å². The monoisotopic (exact) mass is 156 g/mol. The van der Waals surface area contributed by atoms with E-state index in [4.69, 9.17) is 10.2 Å². The van der Waals surface area contributed by atoms with Crippen LogP contribution in [0.15, 0.2) is 0 Å². The highest BCUT2D eigenvalue weighted by Crippen LogP contribution is 1.93. The molecule has 0 saturated carbocycles. The number of unbranched alkanes of at least 4 members (excludes halogenated alkanes) is 2. The molecule has 0 aliphatic rings. The lowest BCUT2D eigenvalue weighted by Crippen LogP contribution is -2.19. The van der Waals surface area contributed by atoms with E-state index in [2.05, 4.69) is 18.8 Å². The molecule has 0 saturated heterocycles. The Labute approximate surface area is 68.2 Å². The van der Waals surface area contributed by atoms with Crippen LogP contribution in [0.1, 0.15) is 33.1 Å². The highest BCUT2D eigenvalue weighted by atomic mass is 16.3. The van der Waals surface area contributed by atoms with E-state index < -0.39 is 12.2 Å². The zero-order valence-electron chi connectivity index (χ0n) is 7.17. The Hall–Kier alpha value is -0.520. The Balaban J connectivity index is 3.51. The first-order valence-corrected chi connectivity index (χ1v) is 4.03. The Morgan fingerprint density at radius 2 is 2.00 bits per heavy atom. The van der Waals surface area contributed by atoms with Crippen molar-refractivity contribution in [1.29, 1.82) is 0 Å². The van der Waals surface area contributed by atoms with Gasteiger partial charge in [0.25, 0.3) is 0 Å². The summed E-state index contributed by atoms with van der Waals surface area (Å²) in [7, 11) is 0. The van der Waals surface area contributed by atoms with Crippen LogP contribution in [-0.2, 0) is 0 Å². The van der Waals surface area contributed by atoms with Crippen LogP contribution in [0.3, 0.4) is 0 Å². The molecule has 0 aromatic heterocycles. The van der Waals surface area contributed by atoms with Gasteiger partial charge in [0.1, 0.15) is 6.10 Å². The second-order valence-corrected chi connectivity index (χ2v) is 2.61. The predicted molar refractivity (Wildman–Crippen MR) is 45.0 cm³/mol.